The number of fused-ring (bicyclic) bond motifs is 1. The van der Waals surface area contributed by atoms with Crippen LogP contribution < -0.4 is 10.2 Å². The van der Waals surface area contributed by atoms with Crippen LogP contribution in [0.2, 0.25) is 0 Å². The van der Waals surface area contributed by atoms with Gasteiger partial charge in [0.25, 0.3) is 0 Å². The van der Waals surface area contributed by atoms with E-state index in [1.165, 1.54) is 5.56 Å². The Bertz CT molecular complexity index is 1140. The number of nitrogens with one attached hydrogen (secondary N) is 1. The van der Waals surface area contributed by atoms with Gasteiger partial charge in [0.15, 0.2) is 11.7 Å². The second kappa shape index (κ2) is 11.5. The van der Waals surface area contributed by atoms with Crippen molar-refractivity contribution in [3.63, 3.8) is 0 Å². The molecule has 1 aliphatic rings. The van der Waals surface area contributed by atoms with Gasteiger partial charge in [0, 0.05) is 53.0 Å². The summed E-state index contributed by atoms with van der Waals surface area (Å²) in [6, 6.07) is 20.2. The first-order valence-electron chi connectivity index (χ1n) is 11.6. The van der Waals surface area contributed by atoms with Gasteiger partial charge in [0.1, 0.15) is 5.69 Å². The molecule has 0 saturated carbocycles. The van der Waals surface area contributed by atoms with Gasteiger partial charge >= 0.3 is 0 Å². The van der Waals surface area contributed by atoms with Crippen LogP contribution >= 0.6 is 0 Å². The smallest absolute Gasteiger partial charge is 0.243 e. The lowest BCUT2D eigenvalue weighted by Crippen LogP contribution is -2.47. The van der Waals surface area contributed by atoms with Crippen LogP contribution in [0.1, 0.15) is 23.6 Å². The number of piperazine rings is 1. The van der Waals surface area contributed by atoms with Crippen molar-refractivity contribution in [2.45, 2.75) is 18.9 Å². The minimum Gasteiger partial charge on any atom is -0.385 e. The van der Waals surface area contributed by atoms with Gasteiger partial charge in [-0.15, -0.1) is 0 Å². The molecule has 0 unspecified atom stereocenters. The molecule has 8 nitrogen and oxygen atoms in total. The summed E-state index contributed by atoms with van der Waals surface area (Å²) in [6.45, 7) is 5.12. The number of methoxy groups -OCH3 is 1. The molecular weight excluding hydrogens is 428 g/mol. The van der Waals surface area contributed by atoms with Gasteiger partial charge in [-0.2, -0.15) is 5.26 Å². The fourth-order valence-electron chi connectivity index (χ4n) is 4.16. The van der Waals surface area contributed by atoms with E-state index in [-0.39, 0.29) is 5.91 Å². The molecule has 1 aliphatic heterocycles. The van der Waals surface area contributed by atoms with Gasteiger partial charge in [-0.05, 0) is 24.1 Å². The first-order chi connectivity index (χ1) is 16.7. The molecule has 1 fully saturated rings. The minimum atomic E-state index is -1.03. The van der Waals surface area contributed by atoms with Crippen LogP contribution in [-0.2, 0) is 16.1 Å². The quantitative estimate of drug-likeness (QED) is 0.493. The molecule has 1 N–H and O–H groups in total. The summed E-state index contributed by atoms with van der Waals surface area (Å²) in [7, 11) is 1.62. The Hall–Kier alpha value is -3.54. The molecule has 1 aromatic heterocycles. The number of ether oxygens (including phenoxy) is 1. The Morgan fingerprint density at radius 1 is 1.06 bits per heavy atom. The van der Waals surface area contributed by atoms with E-state index >= 15 is 0 Å². The van der Waals surface area contributed by atoms with Crippen LogP contribution in [-0.4, -0.2) is 67.2 Å². The monoisotopic (exact) mass is 458 g/mol. The highest BCUT2D eigenvalue weighted by Gasteiger charge is 2.30. The van der Waals surface area contributed by atoms with Crippen LogP contribution in [0.4, 0.5) is 5.82 Å². The molecule has 0 radical (unpaired) electrons. The number of carbonyl (C=O) groups excluding carboxylic acids is 1. The number of benzene rings is 2. The fourth-order valence-corrected chi connectivity index (χ4v) is 4.16. The van der Waals surface area contributed by atoms with Crippen molar-refractivity contribution in [1.82, 2.24) is 20.2 Å². The fraction of sp³-hybridized carbons (Fsp3) is 0.385. The summed E-state index contributed by atoms with van der Waals surface area (Å²) in [5.41, 5.74) is 3.14. The largest absolute Gasteiger partial charge is 0.385 e. The van der Waals surface area contributed by atoms with Gasteiger partial charge < -0.3 is 15.0 Å². The maximum atomic E-state index is 12.9. The van der Waals surface area contributed by atoms with Gasteiger partial charge in [-0.3, -0.25) is 9.69 Å². The number of aromatic nitrogens is 2. The lowest BCUT2D eigenvalue weighted by atomic mass is 10.0. The number of anilines is 1. The van der Waals surface area contributed by atoms with Gasteiger partial charge in [0.2, 0.25) is 5.91 Å². The molecule has 8 heteroatoms. The van der Waals surface area contributed by atoms with Gasteiger partial charge in [-0.25, -0.2) is 9.97 Å². The zero-order valence-corrected chi connectivity index (χ0v) is 19.5. The summed E-state index contributed by atoms with van der Waals surface area (Å²) in [6.07, 6.45) is 0.681. The van der Waals surface area contributed by atoms with Crippen LogP contribution in [0.25, 0.3) is 11.0 Å². The topological polar surface area (TPSA) is 94.4 Å². The number of rotatable bonds is 9. The normalized spacial score (nSPS) is 15.1. The molecule has 176 valence electrons. The third-order valence-electron chi connectivity index (χ3n) is 5.99. The van der Waals surface area contributed by atoms with E-state index in [9.17, 15) is 10.1 Å². The molecule has 2 aromatic carbocycles. The van der Waals surface area contributed by atoms with E-state index in [1.807, 2.05) is 30.3 Å². The standard InChI is InChI=1S/C26H30N6O2/c1-34-17-7-12-28-26(33)21(18-27)24-25(30-23-11-6-5-10-22(23)29-24)32-15-13-31(14-16-32)19-20-8-3-2-4-9-20/h2-6,8-11,21H,7,12-17,19H2,1H3,(H,28,33)/t21-/m0/s1. The lowest BCUT2D eigenvalue weighted by molar-refractivity contribution is -0.121. The van der Waals surface area contributed by atoms with Crippen molar-refractivity contribution in [3.8, 4) is 6.07 Å². The number of carbonyl (C=O) groups is 1. The van der Waals surface area contributed by atoms with Crippen LogP contribution in [0.5, 0.6) is 0 Å². The van der Waals surface area contributed by atoms with Crippen molar-refractivity contribution < 1.29 is 9.53 Å². The molecule has 2 heterocycles. The van der Waals surface area contributed by atoms with E-state index < -0.39 is 5.92 Å². The van der Waals surface area contributed by atoms with E-state index in [1.54, 1.807) is 7.11 Å². The first-order valence-corrected chi connectivity index (χ1v) is 11.6. The summed E-state index contributed by atoms with van der Waals surface area (Å²) < 4.78 is 5.04. The Balaban J connectivity index is 1.55. The Labute approximate surface area is 200 Å². The number of hydrogen-bond acceptors (Lipinski definition) is 7. The van der Waals surface area contributed by atoms with Gasteiger partial charge in [-0.1, -0.05) is 42.5 Å². The molecule has 0 spiro atoms. The predicted molar refractivity (Wildman–Crippen MR) is 131 cm³/mol. The number of nitrogens with zero attached hydrogens (tertiary/aromatic N) is 5. The van der Waals surface area contributed by atoms with E-state index in [0.29, 0.717) is 36.6 Å². The molecule has 34 heavy (non-hydrogen) atoms. The Kier molecular flexibility index (Phi) is 8.02. The summed E-state index contributed by atoms with van der Waals surface area (Å²) in [5.74, 6) is -0.763. The summed E-state index contributed by atoms with van der Waals surface area (Å²) in [5, 5.41) is 12.8. The molecular formula is C26H30N6O2. The average Bonchev–Trinajstić information content (AvgIpc) is 2.88. The highest BCUT2D eigenvalue weighted by Crippen LogP contribution is 2.28. The van der Waals surface area contributed by atoms with Crippen LogP contribution in [0.15, 0.2) is 54.6 Å². The SMILES string of the molecule is COCCCNC(=O)[C@@H](C#N)c1nc2ccccc2nc1N1CCN(Cc2ccccc2)CC1. The number of para-hydroxylation sites is 2. The number of nitriles is 1. The Morgan fingerprint density at radius 2 is 1.74 bits per heavy atom. The molecule has 4 rings (SSSR count). The number of amides is 1. The maximum Gasteiger partial charge on any atom is 0.243 e. The van der Waals surface area contributed by atoms with Crippen molar-refractivity contribution in [2.24, 2.45) is 0 Å². The molecule has 3 aromatic rings. The average molecular weight is 459 g/mol. The van der Waals surface area contributed by atoms with Gasteiger partial charge in [0.05, 0.1) is 17.1 Å². The molecule has 1 atom stereocenters. The molecule has 0 bridgehead atoms. The number of hydrogen-bond donors (Lipinski definition) is 1. The highest BCUT2D eigenvalue weighted by atomic mass is 16.5. The van der Waals surface area contributed by atoms with Crippen molar-refractivity contribution in [2.75, 3.05) is 51.3 Å². The van der Waals surface area contributed by atoms with E-state index in [0.717, 1.165) is 38.2 Å². The third kappa shape index (κ3) is 5.68. The van der Waals surface area contributed by atoms with Crippen molar-refractivity contribution in [3.05, 3.63) is 65.9 Å². The second-order valence-electron chi connectivity index (χ2n) is 8.37. The first kappa shape index (κ1) is 23.6. The Morgan fingerprint density at radius 3 is 2.41 bits per heavy atom. The van der Waals surface area contributed by atoms with Crippen molar-refractivity contribution >= 4 is 22.8 Å². The van der Waals surface area contributed by atoms with Crippen LogP contribution in [0.3, 0.4) is 0 Å². The zero-order valence-electron chi connectivity index (χ0n) is 19.5. The molecule has 0 aliphatic carbocycles. The van der Waals surface area contributed by atoms with E-state index in [2.05, 4.69) is 45.5 Å². The maximum absolute atomic E-state index is 12.9. The molecule has 1 saturated heterocycles. The minimum absolute atomic E-state index is 0.354. The highest BCUT2D eigenvalue weighted by molar-refractivity contribution is 5.88. The van der Waals surface area contributed by atoms with Crippen molar-refractivity contribution in [1.29, 1.82) is 5.26 Å². The molecule has 1 amide bonds. The zero-order chi connectivity index (χ0) is 23.8. The second-order valence-corrected chi connectivity index (χ2v) is 8.37. The van der Waals surface area contributed by atoms with Crippen LogP contribution in [0, 0.1) is 11.3 Å². The lowest BCUT2D eigenvalue weighted by Gasteiger charge is -2.36. The summed E-state index contributed by atoms with van der Waals surface area (Å²) in [4.78, 5) is 27.1. The van der Waals surface area contributed by atoms with E-state index in [4.69, 9.17) is 14.7 Å². The third-order valence-corrected chi connectivity index (χ3v) is 5.99. The predicted octanol–water partition coefficient (Wildman–Crippen LogP) is 2.71. The summed E-state index contributed by atoms with van der Waals surface area (Å²) >= 11 is 0.